The molecule has 0 bridgehead atoms. The van der Waals surface area contributed by atoms with Crippen molar-refractivity contribution in [3.63, 3.8) is 0 Å². The number of aryl methyl sites for hydroxylation is 1. The molecule has 3 aromatic heterocycles. The Morgan fingerprint density at radius 1 is 1.25 bits per heavy atom. The van der Waals surface area contributed by atoms with Crippen molar-refractivity contribution in [2.75, 3.05) is 14.1 Å². The van der Waals surface area contributed by atoms with Crippen LogP contribution in [-0.4, -0.2) is 44.5 Å². The van der Waals surface area contributed by atoms with Gasteiger partial charge in [-0.2, -0.15) is 0 Å². The first kappa shape index (κ1) is 17.6. The van der Waals surface area contributed by atoms with Crippen LogP contribution in [0, 0.1) is 6.92 Å². The molecule has 0 unspecified atom stereocenters. The molecule has 2 atom stereocenters. The minimum absolute atomic E-state index is 0.0108. The zero-order valence-corrected chi connectivity index (χ0v) is 17.3. The average molecular weight is 412 g/mol. The van der Waals surface area contributed by atoms with Gasteiger partial charge in [0.2, 0.25) is 0 Å². The number of hydrogen-bond donors (Lipinski definition) is 0. The minimum atomic E-state index is -0.0108. The largest absolute Gasteiger partial charge is 0.344 e. The van der Waals surface area contributed by atoms with Crippen LogP contribution < -0.4 is 0 Å². The predicted molar refractivity (Wildman–Crippen MR) is 110 cm³/mol. The minimum Gasteiger partial charge on any atom is -0.344 e. The number of benzene rings is 1. The van der Waals surface area contributed by atoms with Gasteiger partial charge >= 0.3 is 0 Å². The molecular formula is C20H18ClN5OS. The van der Waals surface area contributed by atoms with E-state index >= 15 is 0 Å². The van der Waals surface area contributed by atoms with Gasteiger partial charge in [0.25, 0.3) is 5.91 Å². The van der Waals surface area contributed by atoms with Crippen LogP contribution >= 0.6 is 22.9 Å². The number of carbonyl (C=O) groups excluding carboxylic acids is 1. The Hall–Kier alpha value is -2.51. The lowest BCUT2D eigenvalue weighted by atomic mass is 10.1. The molecule has 1 saturated carbocycles. The molecule has 0 saturated heterocycles. The Morgan fingerprint density at radius 2 is 2.00 bits per heavy atom. The maximum Gasteiger partial charge on any atom is 0.263 e. The first-order valence-corrected chi connectivity index (χ1v) is 10.2. The van der Waals surface area contributed by atoms with Gasteiger partial charge in [0.05, 0.1) is 10.3 Å². The van der Waals surface area contributed by atoms with E-state index < -0.39 is 0 Å². The fourth-order valence-corrected chi connectivity index (χ4v) is 4.96. The third-order valence-corrected chi connectivity index (χ3v) is 6.74. The number of rotatable bonds is 3. The molecule has 1 fully saturated rings. The van der Waals surface area contributed by atoms with E-state index in [0.29, 0.717) is 16.7 Å². The van der Waals surface area contributed by atoms with Crippen molar-refractivity contribution >= 4 is 44.7 Å². The second-order valence-electron chi connectivity index (χ2n) is 7.42. The Morgan fingerprint density at radius 3 is 2.71 bits per heavy atom. The van der Waals surface area contributed by atoms with E-state index in [9.17, 15) is 4.79 Å². The van der Waals surface area contributed by atoms with Crippen molar-refractivity contribution in [1.29, 1.82) is 0 Å². The van der Waals surface area contributed by atoms with E-state index in [1.54, 1.807) is 29.8 Å². The number of nitrogens with zero attached hydrogens (tertiary/aromatic N) is 5. The molecule has 6 nitrogen and oxygen atoms in total. The Balaban J connectivity index is 1.55. The summed E-state index contributed by atoms with van der Waals surface area (Å²) in [6.07, 6.45) is 2.72. The monoisotopic (exact) mass is 411 g/mol. The van der Waals surface area contributed by atoms with Crippen molar-refractivity contribution in [2.45, 2.75) is 25.2 Å². The van der Waals surface area contributed by atoms with Crippen LogP contribution in [0.1, 0.15) is 44.9 Å². The summed E-state index contributed by atoms with van der Waals surface area (Å²) >= 11 is 7.41. The molecule has 8 heteroatoms. The summed E-state index contributed by atoms with van der Waals surface area (Å²) in [6.45, 7) is 1.96. The average Bonchev–Trinajstić information content (AvgIpc) is 3.23. The Labute approximate surface area is 170 Å². The van der Waals surface area contributed by atoms with Crippen molar-refractivity contribution in [2.24, 2.45) is 0 Å². The highest BCUT2D eigenvalue weighted by atomic mass is 35.5. The third kappa shape index (κ3) is 2.69. The van der Waals surface area contributed by atoms with Gasteiger partial charge in [-0.05, 0) is 42.5 Å². The maximum absolute atomic E-state index is 12.5. The highest BCUT2D eigenvalue weighted by molar-refractivity contribution is 7.20. The van der Waals surface area contributed by atoms with Gasteiger partial charge in [-0.1, -0.05) is 23.7 Å². The molecule has 1 aliphatic rings. The SMILES string of the molecule is Cc1c(C(=O)N(C)C)sc2ncn3nc([C@H]4C[C@H]4c4ccc(Cl)cc4)nc3c12. The number of hydrogen-bond acceptors (Lipinski definition) is 5. The molecular weight excluding hydrogens is 394 g/mol. The standard InChI is InChI=1S/C20H18ClN5OS/c1-10-15-18-23-17(14-8-13(14)11-4-6-12(21)7-5-11)24-26(18)9-22-19(15)28-16(10)20(27)25(2)3/h4-7,9,13-14H,8H2,1-3H3/t13-,14-/m0/s1. The van der Waals surface area contributed by atoms with E-state index in [2.05, 4.69) is 22.2 Å². The van der Waals surface area contributed by atoms with E-state index in [4.69, 9.17) is 16.6 Å². The van der Waals surface area contributed by atoms with Gasteiger partial charge < -0.3 is 4.90 Å². The van der Waals surface area contributed by atoms with Gasteiger partial charge in [-0.25, -0.2) is 14.5 Å². The lowest BCUT2D eigenvalue weighted by Gasteiger charge is -2.08. The summed E-state index contributed by atoms with van der Waals surface area (Å²) in [5, 5.41) is 6.34. The van der Waals surface area contributed by atoms with E-state index in [0.717, 1.165) is 38.7 Å². The second kappa shape index (κ2) is 6.25. The summed E-state index contributed by atoms with van der Waals surface area (Å²) in [5.41, 5.74) is 2.95. The smallest absolute Gasteiger partial charge is 0.263 e. The topological polar surface area (TPSA) is 63.4 Å². The van der Waals surface area contributed by atoms with Crippen LogP contribution in [-0.2, 0) is 0 Å². The third-order valence-electron chi connectivity index (χ3n) is 5.30. The van der Waals surface area contributed by atoms with Crippen molar-refractivity contribution in [3.05, 3.63) is 57.4 Å². The fourth-order valence-electron chi connectivity index (χ4n) is 3.67. The first-order chi connectivity index (χ1) is 13.4. The van der Waals surface area contributed by atoms with Gasteiger partial charge in [0.15, 0.2) is 11.5 Å². The molecule has 5 rings (SSSR count). The molecule has 0 N–H and O–H groups in total. The molecule has 0 aliphatic heterocycles. The van der Waals surface area contributed by atoms with Crippen molar-refractivity contribution < 1.29 is 4.79 Å². The molecule has 4 aromatic rings. The molecule has 1 aromatic carbocycles. The molecule has 1 amide bonds. The summed E-state index contributed by atoms with van der Waals surface area (Å²) in [5.74, 6) is 1.55. The Bertz CT molecular complexity index is 1230. The van der Waals surface area contributed by atoms with Crippen molar-refractivity contribution in [3.8, 4) is 0 Å². The predicted octanol–water partition coefficient (Wildman–Crippen LogP) is 4.27. The molecule has 0 radical (unpaired) electrons. The number of halogens is 1. The fraction of sp³-hybridized carbons (Fsp3) is 0.300. The highest BCUT2D eigenvalue weighted by Gasteiger charge is 2.42. The second-order valence-corrected chi connectivity index (χ2v) is 8.85. The van der Waals surface area contributed by atoms with E-state index in [-0.39, 0.29) is 5.91 Å². The summed E-state index contributed by atoms with van der Waals surface area (Å²) < 4.78 is 1.73. The normalized spacial score (nSPS) is 18.7. The number of aromatic nitrogens is 4. The molecule has 142 valence electrons. The summed E-state index contributed by atoms with van der Waals surface area (Å²) in [7, 11) is 3.52. The van der Waals surface area contributed by atoms with Gasteiger partial charge in [0, 0.05) is 25.0 Å². The van der Waals surface area contributed by atoms with Crippen LogP contribution in [0.4, 0.5) is 0 Å². The lowest BCUT2D eigenvalue weighted by molar-refractivity contribution is 0.0831. The van der Waals surface area contributed by atoms with Gasteiger partial charge in [-0.15, -0.1) is 16.4 Å². The van der Waals surface area contributed by atoms with E-state index in [1.807, 2.05) is 19.1 Å². The van der Waals surface area contributed by atoms with Crippen molar-refractivity contribution in [1.82, 2.24) is 24.5 Å². The maximum atomic E-state index is 12.5. The Kier molecular flexibility index (Phi) is 3.93. The lowest BCUT2D eigenvalue weighted by Crippen LogP contribution is -2.21. The highest BCUT2D eigenvalue weighted by Crippen LogP contribution is 2.53. The molecule has 0 spiro atoms. The number of amides is 1. The van der Waals surface area contributed by atoms with Crippen LogP contribution in [0.3, 0.4) is 0 Å². The quantitative estimate of drug-likeness (QED) is 0.505. The number of fused-ring (bicyclic) bond motifs is 3. The van der Waals surface area contributed by atoms with Gasteiger partial charge in [-0.3, -0.25) is 4.79 Å². The van der Waals surface area contributed by atoms with Crippen LogP contribution in [0.5, 0.6) is 0 Å². The number of carbonyl (C=O) groups is 1. The molecule has 3 heterocycles. The van der Waals surface area contributed by atoms with Crippen LogP contribution in [0.25, 0.3) is 15.9 Å². The van der Waals surface area contributed by atoms with Crippen LogP contribution in [0.2, 0.25) is 5.02 Å². The zero-order chi connectivity index (χ0) is 19.6. The zero-order valence-electron chi connectivity index (χ0n) is 15.7. The first-order valence-electron chi connectivity index (χ1n) is 9.05. The molecule has 28 heavy (non-hydrogen) atoms. The summed E-state index contributed by atoms with van der Waals surface area (Å²) in [6, 6.07) is 8.00. The van der Waals surface area contributed by atoms with Gasteiger partial charge in [0.1, 0.15) is 11.2 Å². The van der Waals surface area contributed by atoms with E-state index in [1.165, 1.54) is 16.9 Å². The molecule has 1 aliphatic carbocycles. The van der Waals surface area contributed by atoms with Crippen LogP contribution in [0.15, 0.2) is 30.6 Å². The number of thiophene rings is 1. The summed E-state index contributed by atoms with van der Waals surface area (Å²) in [4.78, 5) is 24.9.